The molecule has 9 atom stereocenters. The number of carbonyl (C=O) groups is 1. The first-order chi connectivity index (χ1) is 12.9. The lowest BCUT2D eigenvalue weighted by molar-refractivity contribution is -0.241. The van der Waals surface area contributed by atoms with Crippen LogP contribution in [0.5, 0.6) is 0 Å². The van der Waals surface area contributed by atoms with Gasteiger partial charge in [-0.25, -0.2) is 0 Å². The van der Waals surface area contributed by atoms with Gasteiger partial charge in [-0.1, -0.05) is 34.6 Å². The first-order valence-electron chi connectivity index (χ1n) is 11.4. The van der Waals surface area contributed by atoms with E-state index in [4.69, 9.17) is 0 Å². The molecular weight excluding hydrogens is 352 g/mol. The normalized spacial score (nSPS) is 55.1. The molecule has 3 N–H and O–H groups in total. The van der Waals surface area contributed by atoms with Crippen molar-refractivity contribution in [1.29, 1.82) is 0 Å². The van der Waals surface area contributed by atoms with Crippen LogP contribution in [0.3, 0.4) is 0 Å². The topological polar surface area (TPSA) is 77.8 Å². The van der Waals surface area contributed by atoms with Gasteiger partial charge in [-0.15, -0.1) is 0 Å². The summed E-state index contributed by atoms with van der Waals surface area (Å²) in [7, 11) is 0. The molecule has 0 heterocycles. The molecule has 160 valence electrons. The van der Waals surface area contributed by atoms with Crippen molar-refractivity contribution in [2.75, 3.05) is 6.61 Å². The third kappa shape index (κ3) is 2.37. The van der Waals surface area contributed by atoms with Crippen LogP contribution in [-0.2, 0) is 4.79 Å². The van der Waals surface area contributed by atoms with Crippen LogP contribution in [0.4, 0.5) is 0 Å². The van der Waals surface area contributed by atoms with Gasteiger partial charge >= 0.3 is 0 Å². The lowest BCUT2D eigenvalue weighted by Crippen LogP contribution is -2.66. The summed E-state index contributed by atoms with van der Waals surface area (Å²) in [6.45, 7) is 11.2. The van der Waals surface area contributed by atoms with Crippen LogP contribution < -0.4 is 0 Å². The smallest absolute Gasteiger partial charge is 0.161 e. The van der Waals surface area contributed by atoms with E-state index in [9.17, 15) is 20.1 Å². The van der Waals surface area contributed by atoms with Gasteiger partial charge in [-0.05, 0) is 78.4 Å². The van der Waals surface area contributed by atoms with Gasteiger partial charge in [-0.2, -0.15) is 0 Å². The highest BCUT2D eigenvalue weighted by Gasteiger charge is 2.70. The maximum absolute atomic E-state index is 12.4. The molecule has 4 aliphatic carbocycles. The van der Waals surface area contributed by atoms with Gasteiger partial charge in [0, 0.05) is 11.8 Å². The summed E-state index contributed by atoms with van der Waals surface area (Å²) in [5, 5.41) is 31.5. The summed E-state index contributed by atoms with van der Waals surface area (Å²) < 4.78 is 0. The second-order valence-electron chi connectivity index (χ2n) is 12.0. The molecule has 0 spiro atoms. The van der Waals surface area contributed by atoms with E-state index in [0.29, 0.717) is 11.8 Å². The number of hydrogen-bond donors (Lipinski definition) is 3. The summed E-state index contributed by atoms with van der Waals surface area (Å²) in [6, 6.07) is 0. The number of aliphatic hydroxyl groups excluding tert-OH is 3. The second-order valence-corrected chi connectivity index (χ2v) is 12.0. The van der Waals surface area contributed by atoms with E-state index >= 15 is 0 Å². The van der Waals surface area contributed by atoms with Crippen LogP contribution in [0.2, 0.25) is 0 Å². The van der Waals surface area contributed by atoms with E-state index in [2.05, 4.69) is 34.6 Å². The van der Waals surface area contributed by atoms with Crippen molar-refractivity contribution in [3.05, 3.63) is 0 Å². The maximum Gasteiger partial charge on any atom is 0.161 e. The molecule has 0 saturated heterocycles. The van der Waals surface area contributed by atoms with Crippen LogP contribution >= 0.6 is 0 Å². The average Bonchev–Trinajstić information content (AvgIpc) is 3.00. The lowest BCUT2D eigenvalue weighted by Gasteiger charge is -2.70. The van der Waals surface area contributed by atoms with Gasteiger partial charge in [0.25, 0.3) is 0 Å². The van der Waals surface area contributed by atoms with E-state index in [0.717, 1.165) is 44.9 Å². The van der Waals surface area contributed by atoms with Crippen LogP contribution in [0.15, 0.2) is 0 Å². The van der Waals surface area contributed by atoms with Crippen LogP contribution in [-0.4, -0.2) is 39.9 Å². The SMILES string of the molecule is CC1(C)[C@@H](O)CC[C@]2(C)[C@H]3C[C@@H](O)[C@@H]4[C@@H](C(=O)CO)CC[C@@]4(C)[C@]3(C)CC[C@@H]12. The Hall–Kier alpha value is -0.450. The standard InChI is InChI=1S/C24H40O4/c1-21(2)17-7-11-23(4)18(22(17,3)9-8-19(21)28)12-15(26)20-14(16(27)13-25)6-10-24(20,23)5/h14-15,17-20,25-26,28H,6-13H2,1-5H3/t14-,15-,17+,18-,19+,20+,22+,23-,24-/m1/s1. The Balaban J connectivity index is 1.75. The molecule has 4 aliphatic rings. The van der Waals surface area contributed by atoms with Gasteiger partial charge in [0.05, 0.1) is 12.2 Å². The molecule has 0 aromatic rings. The van der Waals surface area contributed by atoms with Gasteiger partial charge in [0.1, 0.15) is 6.61 Å². The molecule has 4 fully saturated rings. The lowest BCUT2D eigenvalue weighted by atomic mass is 9.35. The van der Waals surface area contributed by atoms with Gasteiger partial charge in [0.15, 0.2) is 5.78 Å². The second kappa shape index (κ2) is 6.28. The summed E-state index contributed by atoms with van der Waals surface area (Å²) >= 11 is 0. The van der Waals surface area contributed by atoms with E-state index in [1.807, 2.05) is 0 Å². The third-order valence-electron chi connectivity index (χ3n) is 10.9. The predicted octanol–water partition coefficient (Wildman–Crippen LogP) is 3.56. The molecule has 0 bridgehead atoms. The number of rotatable bonds is 2. The van der Waals surface area contributed by atoms with Gasteiger partial charge in [0.2, 0.25) is 0 Å². The summed E-state index contributed by atoms with van der Waals surface area (Å²) in [5.74, 6) is 0.556. The fourth-order valence-electron chi connectivity index (χ4n) is 9.23. The first kappa shape index (κ1) is 20.8. The highest BCUT2D eigenvalue weighted by molar-refractivity contribution is 5.82. The van der Waals surface area contributed by atoms with Crippen LogP contribution in [0.1, 0.15) is 79.6 Å². The Labute approximate surface area is 170 Å². The molecule has 0 amide bonds. The molecular formula is C24H40O4. The van der Waals surface area contributed by atoms with E-state index in [1.54, 1.807) is 0 Å². The molecule has 0 unspecified atom stereocenters. The summed E-state index contributed by atoms with van der Waals surface area (Å²) in [5.41, 5.74) is 0.0376. The number of carbonyl (C=O) groups excluding carboxylic acids is 1. The summed E-state index contributed by atoms with van der Waals surface area (Å²) in [6.07, 6.45) is 5.88. The highest BCUT2D eigenvalue weighted by atomic mass is 16.3. The molecule has 4 rings (SSSR count). The monoisotopic (exact) mass is 392 g/mol. The van der Waals surface area contributed by atoms with E-state index in [-0.39, 0.29) is 45.4 Å². The number of aliphatic hydroxyl groups is 3. The molecule has 4 heteroatoms. The number of fused-ring (bicyclic) bond motifs is 5. The quantitative estimate of drug-likeness (QED) is 0.671. The largest absolute Gasteiger partial charge is 0.393 e. The van der Waals surface area contributed by atoms with Crippen molar-refractivity contribution < 1.29 is 20.1 Å². The van der Waals surface area contributed by atoms with Gasteiger partial charge in [-0.3, -0.25) is 4.79 Å². The van der Waals surface area contributed by atoms with Crippen molar-refractivity contribution in [2.24, 2.45) is 45.3 Å². The Morgan fingerprint density at radius 2 is 1.54 bits per heavy atom. The zero-order chi connectivity index (χ0) is 20.7. The van der Waals surface area contributed by atoms with Crippen molar-refractivity contribution in [1.82, 2.24) is 0 Å². The highest BCUT2D eigenvalue weighted by Crippen LogP contribution is 2.75. The Bertz CT molecular complexity index is 659. The van der Waals surface area contributed by atoms with Crippen LogP contribution in [0.25, 0.3) is 0 Å². The fourth-order valence-corrected chi connectivity index (χ4v) is 9.23. The minimum absolute atomic E-state index is 0.0317. The maximum atomic E-state index is 12.4. The van der Waals surface area contributed by atoms with E-state index < -0.39 is 12.7 Å². The Morgan fingerprint density at radius 1 is 0.893 bits per heavy atom. The van der Waals surface area contributed by atoms with Crippen molar-refractivity contribution >= 4 is 5.78 Å². The molecule has 28 heavy (non-hydrogen) atoms. The zero-order valence-electron chi connectivity index (χ0n) is 18.4. The Morgan fingerprint density at radius 3 is 2.18 bits per heavy atom. The Kier molecular flexibility index (Phi) is 4.66. The number of hydrogen-bond acceptors (Lipinski definition) is 4. The number of ketones is 1. The molecule has 0 aromatic heterocycles. The van der Waals surface area contributed by atoms with E-state index in [1.165, 1.54) is 0 Å². The molecule has 0 aliphatic heterocycles. The van der Waals surface area contributed by atoms with Crippen molar-refractivity contribution in [3.8, 4) is 0 Å². The van der Waals surface area contributed by atoms with Crippen LogP contribution in [0, 0.1) is 45.3 Å². The molecule has 4 nitrogen and oxygen atoms in total. The first-order valence-corrected chi connectivity index (χ1v) is 11.4. The number of Topliss-reactive ketones (excluding diaryl/α,β-unsaturated/α-hetero) is 1. The molecule has 4 saturated carbocycles. The fraction of sp³-hybridized carbons (Fsp3) is 0.958. The minimum atomic E-state index is -0.475. The molecule has 0 aromatic carbocycles. The molecule has 0 radical (unpaired) electrons. The van der Waals surface area contributed by atoms with Crippen molar-refractivity contribution in [3.63, 3.8) is 0 Å². The summed E-state index contributed by atoms with van der Waals surface area (Å²) in [4.78, 5) is 12.4. The average molecular weight is 393 g/mol. The van der Waals surface area contributed by atoms with Gasteiger partial charge < -0.3 is 15.3 Å². The zero-order valence-corrected chi connectivity index (χ0v) is 18.4. The van der Waals surface area contributed by atoms with Crippen molar-refractivity contribution in [2.45, 2.75) is 91.8 Å². The third-order valence-corrected chi connectivity index (χ3v) is 10.9. The minimum Gasteiger partial charge on any atom is -0.393 e. The predicted molar refractivity (Wildman–Crippen MR) is 108 cm³/mol.